The molecule has 1 nitrogen and oxygen atoms in total. The van der Waals surface area contributed by atoms with Crippen molar-refractivity contribution in [3.8, 4) is 0 Å². The third-order valence-electron chi connectivity index (χ3n) is 3.24. The van der Waals surface area contributed by atoms with Crippen LogP contribution in [-0.4, -0.2) is 12.6 Å². The molecule has 2 atom stereocenters. The molecule has 0 aliphatic carbocycles. The second-order valence-corrected chi connectivity index (χ2v) is 5.75. The van der Waals surface area contributed by atoms with Gasteiger partial charge in [0.05, 0.1) is 0 Å². The molecular weight excluding hydrogens is 194 g/mol. The largest absolute Gasteiger partial charge is 0.314 e. The molecule has 98 valence electrons. The summed E-state index contributed by atoms with van der Waals surface area (Å²) in [5.74, 6) is 1.72. The molecule has 1 N–H and O–H groups in total. The first kappa shape index (κ1) is 16.0. The Morgan fingerprint density at radius 2 is 1.56 bits per heavy atom. The lowest BCUT2D eigenvalue weighted by atomic mass is 9.93. The van der Waals surface area contributed by atoms with Gasteiger partial charge in [-0.3, -0.25) is 0 Å². The van der Waals surface area contributed by atoms with Crippen molar-refractivity contribution in [1.29, 1.82) is 0 Å². The summed E-state index contributed by atoms with van der Waals surface area (Å²) >= 11 is 0. The SMILES string of the molecule is CCCNC(CCC(C)C)CC(C)CCC. The molecule has 0 aliphatic heterocycles. The molecule has 2 unspecified atom stereocenters. The van der Waals surface area contributed by atoms with E-state index in [1.807, 2.05) is 0 Å². The van der Waals surface area contributed by atoms with Crippen molar-refractivity contribution < 1.29 is 0 Å². The van der Waals surface area contributed by atoms with E-state index in [2.05, 4.69) is 39.9 Å². The van der Waals surface area contributed by atoms with Gasteiger partial charge in [0.25, 0.3) is 0 Å². The fraction of sp³-hybridized carbons (Fsp3) is 1.00. The second-order valence-electron chi connectivity index (χ2n) is 5.75. The average molecular weight is 227 g/mol. The lowest BCUT2D eigenvalue weighted by Crippen LogP contribution is -2.31. The zero-order chi connectivity index (χ0) is 12.4. The number of hydrogen-bond donors (Lipinski definition) is 1. The van der Waals surface area contributed by atoms with Crippen LogP contribution >= 0.6 is 0 Å². The highest BCUT2D eigenvalue weighted by Gasteiger charge is 2.12. The standard InChI is InChI=1S/C15H33N/c1-6-8-14(5)12-15(16-11-7-2)10-9-13(3)4/h13-16H,6-12H2,1-5H3. The summed E-state index contributed by atoms with van der Waals surface area (Å²) in [6.07, 6.45) is 8.03. The van der Waals surface area contributed by atoms with Gasteiger partial charge in [0.15, 0.2) is 0 Å². The minimum Gasteiger partial charge on any atom is -0.314 e. The van der Waals surface area contributed by atoms with Crippen LogP contribution in [0.25, 0.3) is 0 Å². The Morgan fingerprint density at radius 1 is 0.875 bits per heavy atom. The van der Waals surface area contributed by atoms with Gasteiger partial charge in [-0.2, -0.15) is 0 Å². The zero-order valence-corrected chi connectivity index (χ0v) is 12.2. The molecule has 0 amide bonds. The van der Waals surface area contributed by atoms with E-state index >= 15 is 0 Å². The van der Waals surface area contributed by atoms with Crippen molar-refractivity contribution >= 4 is 0 Å². The molecule has 16 heavy (non-hydrogen) atoms. The molecule has 0 fully saturated rings. The van der Waals surface area contributed by atoms with E-state index in [0.29, 0.717) is 0 Å². The molecule has 0 aromatic carbocycles. The molecule has 1 heteroatoms. The van der Waals surface area contributed by atoms with E-state index < -0.39 is 0 Å². The van der Waals surface area contributed by atoms with Crippen LogP contribution in [0.5, 0.6) is 0 Å². The summed E-state index contributed by atoms with van der Waals surface area (Å²) in [5.41, 5.74) is 0. The van der Waals surface area contributed by atoms with Gasteiger partial charge in [-0.1, -0.05) is 47.5 Å². The third kappa shape index (κ3) is 9.21. The van der Waals surface area contributed by atoms with Gasteiger partial charge >= 0.3 is 0 Å². The van der Waals surface area contributed by atoms with E-state index in [1.165, 1.54) is 45.1 Å². The van der Waals surface area contributed by atoms with Gasteiger partial charge in [-0.25, -0.2) is 0 Å². The molecule has 0 saturated heterocycles. The first-order valence-electron chi connectivity index (χ1n) is 7.33. The van der Waals surface area contributed by atoms with Crippen molar-refractivity contribution in [3.05, 3.63) is 0 Å². The molecule has 0 spiro atoms. The third-order valence-corrected chi connectivity index (χ3v) is 3.24. The topological polar surface area (TPSA) is 12.0 Å². The van der Waals surface area contributed by atoms with Crippen LogP contribution in [0.2, 0.25) is 0 Å². The van der Waals surface area contributed by atoms with Crippen LogP contribution in [0.1, 0.15) is 73.1 Å². The molecular formula is C15H33N. The van der Waals surface area contributed by atoms with E-state index in [4.69, 9.17) is 0 Å². The monoisotopic (exact) mass is 227 g/mol. The first-order valence-corrected chi connectivity index (χ1v) is 7.33. The summed E-state index contributed by atoms with van der Waals surface area (Å²) in [6, 6.07) is 0.754. The fourth-order valence-electron chi connectivity index (χ4n) is 2.28. The van der Waals surface area contributed by atoms with Gasteiger partial charge in [0.1, 0.15) is 0 Å². The van der Waals surface area contributed by atoms with Gasteiger partial charge < -0.3 is 5.32 Å². The van der Waals surface area contributed by atoms with Crippen LogP contribution in [-0.2, 0) is 0 Å². The summed E-state index contributed by atoms with van der Waals surface area (Å²) in [4.78, 5) is 0. The van der Waals surface area contributed by atoms with Gasteiger partial charge in [-0.05, 0) is 44.1 Å². The van der Waals surface area contributed by atoms with Crippen LogP contribution in [0, 0.1) is 11.8 Å². The van der Waals surface area contributed by atoms with Gasteiger partial charge in [-0.15, -0.1) is 0 Å². The van der Waals surface area contributed by atoms with E-state index in [-0.39, 0.29) is 0 Å². The maximum Gasteiger partial charge on any atom is 0.00696 e. The Hall–Kier alpha value is -0.0400. The molecule has 0 saturated carbocycles. The summed E-state index contributed by atoms with van der Waals surface area (Å²) in [6.45, 7) is 12.8. The van der Waals surface area contributed by atoms with Crippen LogP contribution in [0.4, 0.5) is 0 Å². The predicted molar refractivity (Wildman–Crippen MR) is 74.8 cm³/mol. The van der Waals surface area contributed by atoms with Gasteiger partial charge in [0.2, 0.25) is 0 Å². The van der Waals surface area contributed by atoms with Crippen molar-refractivity contribution in [1.82, 2.24) is 5.32 Å². The van der Waals surface area contributed by atoms with Crippen molar-refractivity contribution in [2.45, 2.75) is 79.2 Å². The number of rotatable bonds is 10. The lowest BCUT2D eigenvalue weighted by molar-refractivity contribution is 0.348. The van der Waals surface area contributed by atoms with E-state index in [0.717, 1.165) is 17.9 Å². The Bertz CT molecular complexity index is 142. The Labute approximate surface area is 103 Å². The maximum atomic E-state index is 3.71. The highest BCUT2D eigenvalue weighted by atomic mass is 14.9. The smallest absolute Gasteiger partial charge is 0.00696 e. The van der Waals surface area contributed by atoms with Crippen molar-refractivity contribution in [3.63, 3.8) is 0 Å². The molecule has 0 aromatic heterocycles. The molecule has 0 rings (SSSR count). The molecule has 0 bridgehead atoms. The molecule has 0 radical (unpaired) electrons. The highest BCUT2D eigenvalue weighted by molar-refractivity contribution is 4.70. The zero-order valence-electron chi connectivity index (χ0n) is 12.2. The van der Waals surface area contributed by atoms with E-state index in [9.17, 15) is 0 Å². The minimum atomic E-state index is 0.754. The van der Waals surface area contributed by atoms with Crippen LogP contribution in [0.3, 0.4) is 0 Å². The number of hydrogen-bond acceptors (Lipinski definition) is 1. The maximum absolute atomic E-state index is 3.71. The molecule has 0 aliphatic rings. The van der Waals surface area contributed by atoms with Crippen molar-refractivity contribution in [2.24, 2.45) is 11.8 Å². The fourth-order valence-corrected chi connectivity index (χ4v) is 2.28. The van der Waals surface area contributed by atoms with Crippen LogP contribution in [0.15, 0.2) is 0 Å². The molecule has 0 heterocycles. The second kappa shape index (κ2) is 10.1. The Kier molecular flexibility index (Phi) is 10.1. The number of nitrogens with one attached hydrogen (secondary N) is 1. The summed E-state index contributed by atoms with van der Waals surface area (Å²) in [5, 5.41) is 3.71. The minimum absolute atomic E-state index is 0.754. The lowest BCUT2D eigenvalue weighted by Gasteiger charge is -2.23. The highest BCUT2D eigenvalue weighted by Crippen LogP contribution is 2.17. The quantitative estimate of drug-likeness (QED) is 0.574. The summed E-state index contributed by atoms with van der Waals surface area (Å²) in [7, 11) is 0. The van der Waals surface area contributed by atoms with Crippen molar-refractivity contribution in [2.75, 3.05) is 6.54 Å². The normalized spacial score (nSPS) is 15.4. The Morgan fingerprint density at radius 3 is 2.06 bits per heavy atom. The summed E-state index contributed by atoms with van der Waals surface area (Å²) < 4.78 is 0. The van der Waals surface area contributed by atoms with Crippen LogP contribution < -0.4 is 5.32 Å². The van der Waals surface area contributed by atoms with Gasteiger partial charge in [0, 0.05) is 6.04 Å². The molecule has 0 aromatic rings. The first-order chi connectivity index (χ1) is 7.60. The van der Waals surface area contributed by atoms with E-state index in [1.54, 1.807) is 0 Å². The average Bonchev–Trinajstić information content (AvgIpc) is 2.22. The Balaban J connectivity index is 3.88. The predicted octanol–water partition coefficient (Wildman–Crippen LogP) is 4.62.